The van der Waals surface area contributed by atoms with Gasteiger partial charge in [0.15, 0.2) is 0 Å². The number of hydrogen-bond acceptors (Lipinski definition) is 6. The number of amides is 1. The van der Waals surface area contributed by atoms with Crippen molar-refractivity contribution >= 4 is 5.91 Å². The Kier molecular flexibility index (Phi) is 19.4. The van der Waals surface area contributed by atoms with E-state index < -0.39 is 12.3 Å². The van der Waals surface area contributed by atoms with Crippen molar-refractivity contribution < 1.29 is 28.1 Å². The highest BCUT2D eigenvalue weighted by atomic mass is 19.1. The van der Waals surface area contributed by atoms with Crippen molar-refractivity contribution in [3.8, 4) is 0 Å². The molecule has 0 aromatic carbocycles. The zero-order chi connectivity index (χ0) is 20.2. The molecular formula is C19H39FN2O5. The van der Waals surface area contributed by atoms with E-state index in [4.69, 9.17) is 18.9 Å². The van der Waals surface area contributed by atoms with Gasteiger partial charge in [0, 0.05) is 13.0 Å². The topological polar surface area (TPSA) is 78.1 Å². The summed E-state index contributed by atoms with van der Waals surface area (Å²) in [7, 11) is 0. The van der Waals surface area contributed by atoms with Gasteiger partial charge in [-0.3, -0.25) is 4.79 Å². The molecule has 0 aromatic heterocycles. The number of likely N-dealkylation sites (N-methyl/N-ethyl adjacent to an activating group) is 1. The number of rotatable bonds is 20. The minimum atomic E-state index is -1.23. The van der Waals surface area contributed by atoms with Crippen LogP contribution in [0.4, 0.5) is 4.39 Å². The number of carbonyl (C=O) groups excluding carboxylic acids is 1. The first kappa shape index (κ1) is 26.2. The molecule has 27 heavy (non-hydrogen) atoms. The van der Waals surface area contributed by atoms with Gasteiger partial charge in [-0.2, -0.15) is 0 Å². The van der Waals surface area contributed by atoms with Crippen LogP contribution in [0, 0.1) is 0 Å². The van der Waals surface area contributed by atoms with Gasteiger partial charge in [0.25, 0.3) is 0 Å². The first-order chi connectivity index (χ1) is 13.1. The second-order valence-electron chi connectivity index (χ2n) is 6.19. The van der Waals surface area contributed by atoms with Crippen molar-refractivity contribution in [2.75, 3.05) is 65.9 Å². The molecule has 2 unspecified atom stereocenters. The number of alkyl halides is 1. The quantitative estimate of drug-likeness (QED) is 0.306. The molecule has 0 aromatic rings. The van der Waals surface area contributed by atoms with Crippen molar-refractivity contribution in [1.82, 2.24) is 10.6 Å². The smallest absolute Gasteiger partial charge is 0.220 e. The van der Waals surface area contributed by atoms with Gasteiger partial charge < -0.3 is 29.6 Å². The van der Waals surface area contributed by atoms with E-state index in [1.165, 1.54) is 0 Å². The Labute approximate surface area is 163 Å². The van der Waals surface area contributed by atoms with E-state index in [-0.39, 0.29) is 12.5 Å². The SMILES string of the molecule is CCCCC(=O)NCC(F)C(C)OCCOCCOCCOCCNCC. The van der Waals surface area contributed by atoms with Gasteiger partial charge in [-0.15, -0.1) is 0 Å². The molecule has 0 saturated heterocycles. The lowest BCUT2D eigenvalue weighted by molar-refractivity contribution is -0.121. The molecule has 7 nitrogen and oxygen atoms in total. The molecule has 2 atom stereocenters. The van der Waals surface area contributed by atoms with Crippen LogP contribution in [-0.4, -0.2) is 84.1 Å². The number of carbonyl (C=O) groups is 1. The fraction of sp³-hybridized carbons (Fsp3) is 0.947. The predicted octanol–water partition coefficient (Wildman–Crippen LogP) is 1.70. The molecule has 1 amide bonds. The lowest BCUT2D eigenvalue weighted by atomic mass is 10.2. The summed E-state index contributed by atoms with van der Waals surface area (Å²) >= 11 is 0. The Morgan fingerprint density at radius 3 is 2.15 bits per heavy atom. The van der Waals surface area contributed by atoms with Crippen LogP contribution in [-0.2, 0) is 23.7 Å². The van der Waals surface area contributed by atoms with Crippen LogP contribution >= 0.6 is 0 Å². The minimum absolute atomic E-state index is 0.0189. The third kappa shape index (κ3) is 18.3. The first-order valence-corrected chi connectivity index (χ1v) is 10.1. The monoisotopic (exact) mass is 394 g/mol. The van der Waals surface area contributed by atoms with Crippen molar-refractivity contribution in [1.29, 1.82) is 0 Å². The van der Waals surface area contributed by atoms with Crippen LogP contribution in [0.25, 0.3) is 0 Å². The van der Waals surface area contributed by atoms with E-state index in [9.17, 15) is 9.18 Å². The van der Waals surface area contributed by atoms with Gasteiger partial charge >= 0.3 is 0 Å². The molecule has 0 radical (unpaired) electrons. The van der Waals surface area contributed by atoms with Crippen molar-refractivity contribution in [2.24, 2.45) is 0 Å². The zero-order valence-corrected chi connectivity index (χ0v) is 17.3. The van der Waals surface area contributed by atoms with Gasteiger partial charge in [-0.1, -0.05) is 20.3 Å². The third-order valence-electron chi connectivity index (χ3n) is 3.79. The summed E-state index contributed by atoms with van der Waals surface area (Å²) in [5.74, 6) is -0.113. The molecule has 8 heteroatoms. The van der Waals surface area contributed by atoms with Crippen molar-refractivity contribution in [3.63, 3.8) is 0 Å². The van der Waals surface area contributed by atoms with E-state index in [0.717, 1.165) is 25.9 Å². The zero-order valence-electron chi connectivity index (χ0n) is 17.3. The van der Waals surface area contributed by atoms with E-state index in [1.807, 2.05) is 6.92 Å². The fourth-order valence-corrected chi connectivity index (χ4v) is 2.06. The Hall–Kier alpha value is -0.800. The fourth-order valence-electron chi connectivity index (χ4n) is 2.06. The molecule has 0 fully saturated rings. The van der Waals surface area contributed by atoms with Gasteiger partial charge in [0.2, 0.25) is 5.91 Å². The lowest BCUT2D eigenvalue weighted by Crippen LogP contribution is -2.36. The molecular weight excluding hydrogens is 355 g/mol. The Balaban J connectivity index is 3.37. The number of unbranched alkanes of at least 4 members (excludes halogenated alkanes) is 1. The summed E-state index contributed by atoms with van der Waals surface area (Å²) in [5, 5.41) is 5.77. The van der Waals surface area contributed by atoms with E-state index >= 15 is 0 Å². The average molecular weight is 395 g/mol. The summed E-state index contributed by atoms with van der Waals surface area (Å²) < 4.78 is 35.4. The molecule has 0 bridgehead atoms. The van der Waals surface area contributed by atoms with E-state index in [1.54, 1.807) is 6.92 Å². The van der Waals surface area contributed by atoms with Crippen molar-refractivity contribution in [2.45, 2.75) is 52.3 Å². The molecule has 0 aliphatic heterocycles. The van der Waals surface area contributed by atoms with Crippen LogP contribution in [0.5, 0.6) is 0 Å². The molecule has 2 N–H and O–H groups in total. The number of nitrogens with one attached hydrogen (secondary N) is 2. The van der Waals surface area contributed by atoms with Gasteiger partial charge in [0.1, 0.15) is 6.17 Å². The summed E-state index contributed by atoms with van der Waals surface area (Å²) in [6.07, 6.45) is 0.388. The van der Waals surface area contributed by atoms with Crippen LogP contribution in [0.2, 0.25) is 0 Å². The van der Waals surface area contributed by atoms with Crippen LogP contribution in [0.15, 0.2) is 0 Å². The normalized spacial score (nSPS) is 13.5. The highest BCUT2D eigenvalue weighted by Crippen LogP contribution is 2.03. The van der Waals surface area contributed by atoms with Gasteiger partial charge in [0.05, 0.1) is 58.9 Å². The maximum absolute atomic E-state index is 13.9. The van der Waals surface area contributed by atoms with Gasteiger partial charge in [-0.05, 0) is 19.9 Å². The first-order valence-electron chi connectivity index (χ1n) is 10.1. The molecule has 162 valence electrons. The Morgan fingerprint density at radius 1 is 0.963 bits per heavy atom. The van der Waals surface area contributed by atoms with Gasteiger partial charge in [-0.25, -0.2) is 4.39 Å². The van der Waals surface area contributed by atoms with E-state index in [0.29, 0.717) is 52.7 Å². The molecule has 0 aliphatic carbocycles. The standard InChI is InChI=1S/C19H39FN2O5/c1-4-6-7-19(23)22-16-18(20)17(3)27-15-14-26-13-12-25-11-10-24-9-8-21-5-2/h17-18,21H,4-16H2,1-3H3,(H,22,23). The Bertz CT molecular complexity index is 337. The summed E-state index contributed by atoms with van der Waals surface area (Å²) in [5.41, 5.74) is 0. The molecule has 0 saturated carbocycles. The van der Waals surface area contributed by atoms with Crippen LogP contribution in [0.1, 0.15) is 40.0 Å². The second kappa shape index (κ2) is 19.9. The predicted molar refractivity (Wildman–Crippen MR) is 104 cm³/mol. The van der Waals surface area contributed by atoms with Crippen LogP contribution in [0.3, 0.4) is 0 Å². The maximum atomic E-state index is 13.9. The largest absolute Gasteiger partial charge is 0.378 e. The number of ether oxygens (including phenoxy) is 4. The maximum Gasteiger partial charge on any atom is 0.220 e. The summed E-state index contributed by atoms with van der Waals surface area (Å²) in [4.78, 5) is 11.5. The molecule has 0 rings (SSSR count). The van der Waals surface area contributed by atoms with Crippen molar-refractivity contribution in [3.05, 3.63) is 0 Å². The number of hydrogen-bond donors (Lipinski definition) is 2. The molecule has 0 aliphatic rings. The third-order valence-corrected chi connectivity index (χ3v) is 3.79. The molecule has 0 spiro atoms. The van der Waals surface area contributed by atoms with Crippen LogP contribution < -0.4 is 10.6 Å². The summed E-state index contributed by atoms with van der Waals surface area (Å²) in [6.45, 7) is 10.9. The highest BCUT2D eigenvalue weighted by Gasteiger charge is 2.17. The lowest BCUT2D eigenvalue weighted by Gasteiger charge is -2.18. The Morgan fingerprint density at radius 2 is 1.56 bits per heavy atom. The highest BCUT2D eigenvalue weighted by molar-refractivity contribution is 5.75. The minimum Gasteiger partial charge on any atom is -0.378 e. The second-order valence-corrected chi connectivity index (χ2v) is 6.19. The average Bonchev–Trinajstić information content (AvgIpc) is 2.67. The molecule has 0 heterocycles. The number of halogens is 1. The summed E-state index contributed by atoms with van der Waals surface area (Å²) in [6, 6.07) is 0. The van der Waals surface area contributed by atoms with E-state index in [2.05, 4.69) is 17.6 Å².